The minimum Gasteiger partial charge on any atom is -0.496 e. The van der Waals surface area contributed by atoms with Crippen LogP contribution < -0.4 is 10.1 Å². The fourth-order valence-corrected chi connectivity index (χ4v) is 3.76. The highest BCUT2D eigenvalue weighted by Gasteiger charge is 2.34. The number of carbonyl (C=O) groups is 2. The van der Waals surface area contributed by atoms with Crippen LogP contribution in [0, 0.1) is 0 Å². The van der Waals surface area contributed by atoms with Gasteiger partial charge in [-0.3, -0.25) is 14.6 Å². The molecule has 1 N–H and O–H groups in total. The van der Waals surface area contributed by atoms with Crippen LogP contribution in [-0.2, 0) is 11.3 Å². The molecule has 8 nitrogen and oxygen atoms in total. The number of likely N-dealkylation sites (tertiary alicyclic amines) is 1. The van der Waals surface area contributed by atoms with Crippen molar-refractivity contribution < 1.29 is 18.8 Å². The summed E-state index contributed by atoms with van der Waals surface area (Å²) in [6, 6.07) is 12.1. The Bertz CT molecular complexity index is 1050. The Hall–Kier alpha value is -3.68. The van der Waals surface area contributed by atoms with Crippen LogP contribution in [0.1, 0.15) is 35.3 Å². The van der Waals surface area contributed by atoms with E-state index in [9.17, 15) is 9.59 Å². The Morgan fingerprint density at radius 2 is 2.10 bits per heavy atom. The first-order valence-electron chi connectivity index (χ1n) is 10.2. The van der Waals surface area contributed by atoms with Gasteiger partial charge in [-0.1, -0.05) is 23.4 Å². The second-order valence-electron chi connectivity index (χ2n) is 7.37. The van der Waals surface area contributed by atoms with Crippen LogP contribution in [0.3, 0.4) is 0 Å². The first-order chi connectivity index (χ1) is 15.2. The van der Waals surface area contributed by atoms with E-state index in [1.54, 1.807) is 30.5 Å². The molecule has 1 aromatic carbocycles. The number of para-hydroxylation sites is 1. The molecule has 160 valence electrons. The molecule has 1 saturated heterocycles. The number of hydrogen-bond donors (Lipinski definition) is 1. The predicted octanol–water partition coefficient (Wildman–Crippen LogP) is 3.06. The van der Waals surface area contributed by atoms with E-state index in [4.69, 9.17) is 9.26 Å². The Labute approximate surface area is 180 Å². The summed E-state index contributed by atoms with van der Waals surface area (Å²) in [5.41, 5.74) is 1.79. The predicted molar refractivity (Wildman–Crippen MR) is 113 cm³/mol. The molecule has 8 heteroatoms. The minimum atomic E-state index is -0.538. The summed E-state index contributed by atoms with van der Waals surface area (Å²) >= 11 is 0. The number of carbonyl (C=O) groups excluding carboxylic acids is 2. The van der Waals surface area contributed by atoms with Crippen molar-refractivity contribution >= 4 is 11.8 Å². The van der Waals surface area contributed by atoms with Crippen molar-refractivity contribution in [2.24, 2.45) is 0 Å². The second-order valence-corrected chi connectivity index (χ2v) is 7.37. The zero-order valence-corrected chi connectivity index (χ0v) is 17.3. The number of hydrogen-bond acceptors (Lipinski definition) is 6. The maximum Gasteiger partial charge on any atom is 0.276 e. The first kappa shape index (κ1) is 20.6. The zero-order chi connectivity index (χ0) is 21.6. The van der Waals surface area contributed by atoms with Crippen molar-refractivity contribution in [3.8, 4) is 17.1 Å². The van der Waals surface area contributed by atoms with Crippen molar-refractivity contribution in [2.75, 3.05) is 13.7 Å². The van der Waals surface area contributed by atoms with Crippen LogP contribution in [0.4, 0.5) is 0 Å². The Kier molecular flexibility index (Phi) is 6.26. The molecule has 0 unspecified atom stereocenters. The summed E-state index contributed by atoms with van der Waals surface area (Å²) in [4.78, 5) is 31.7. The maximum atomic E-state index is 13.2. The molecule has 3 heterocycles. The molecular weight excluding hydrogens is 396 g/mol. The van der Waals surface area contributed by atoms with Crippen molar-refractivity contribution in [3.05, 3.63) is 66.1 Å². The van der Waals surface area contributed by atoms with E-state index in [2.05, 4.69) is 15.5 Å². The molecule has 31 heavy (non-hydrogen) atoms. The lowest BCUT2D eigenvalue weighted by atomic mass is 10.0. The molecule has 0 radical (unpaired) electrons. The van der Waals surface area contributed by atoms with E-state index in [0.29, 0.717) is 36.6 Å². The van der Waals surface area contributed by atoms with Crippen LogP contribution >= 0.6 is 0 Å². The molecular formula is C23H24N4O4. The molecule has 0 bridgehead atoms. The average Bonchev–Trinajstić information content (AvgIpc) is 3.33. The maximum absolute atomic E-state index is 13.2. The largest absolute Gasteiger partial charge is 0.496 e. The van der Waals surface area contributed by atoms with Crippen LogP contribution in [0.2, 0.25) is 0 Å². The first-order valence-corrected chi connectivity index (χ1v) is 10.2. The summed E-state index contributed by atoms with van der Waals surface area (Å²) in [5.74, 6) is 0.579. The second kappa shape index (κ2) is 9.42. The van der Waals surface area contributed by atoms with Crippen molar-refractivity contribution in [2.45, 2.75) is 31.8 Å². The molecule has 0 saturated carbocycles. The van der Waals surface area contributed by atoms with Gasteiger partial charge in [-0.25, -0.2) is 0 Å². The summed E-state index contributed by atoms with van der Waals surface area (Å²) in [6.07, 6.45) is 5.74. The van der Waals surface area contributed by atoms with E-state index >= 15 is 0 Å². The summed E-state index contributed by atoms with van der Waals surface area (Å²) in [6.45, 7) is 0.869. The van der Waals surface area contributed by atoms with Gasteiger partial charge in [0.05, 0.1) is 12.7 Å². The van der Waals surface area contributed by atoms with Gasteiger partial charge in [-0.05, 0) is 43.0 Å². The molecule has 0 aliphatic carbocycles. The average molecular weight is 420 g/mol. The zero-order valence-electron chi connectivity index (χ0n) is 17.3. The highest BCUT2D eigenvalue weighted by molar-refractivity contribution is 5.97. The molecule has 1 aliphatic rings. The van der Waals surface area contributed by atoms with Gasteiger partial charge in [0.15, 0.2) is 11.5 Å². The topological polar surface area (TPSA) is 97.6 Å². The highest BCUT2D eigenvalue weighted by atomic mass is 16.5. The number of rotatable bonds is 6. The molecule has 4 rings (SSSR count). The van der Waals surface area contributed by atoms with Crippen LogP contribution in [0.25, 0.3) is 11.3 Å². The van der Waals surface area contributed by atoms with Crippen LogP contribution in [0.5, 0.6) is 5.75 Å². The third-order valence-electron chi connectivity index (χ3n) is 5.36. The number of pyridine rings is 1. The molecule has 2 aromatic heterocycles. The smallest absolute Gasteiger partial charge is 0.276 e. The lowest BCUT2D eigenvalue weighted by Crippen LogP contribution is -2.51. The highest BCUT2D eigenvalue weighted by Crippen LogP contribution is 2.30. The van der Waals surface area contributed by atoms with Gasteiger partial charge >= 0.3 is 0 Å². The monoisotopic (exact) mass is 420 g/mol. The molecule has 1 atom stereocenters. The third kappa shape index (κ3) is 4.58. The van der Waals surface area contributed by atoms with Crippen LogP contribution in [0.15, 0.2) is 59.4 Å². The number of aromatic nitrogens is 2. The fourth-order valence-electron chi connectivity index (χ4n) is 3.76. The summed E-state index contributed by atoms with van der Waals surface area (Å²) in [5, 5.41) is 6.89. The van der Waals surface area contributed by atoms with Gasteiger partial charge in [-0.15, -0.1) is 0 Å². The summed E-state index contributed by atoms with van der Waals surface area (Å²) in [7, 11) is 1.57. The lowest BCUT2D eigenvalue weighted by Gasteiger charge is -2.34. The van der Waals surface area contributed by atoms with Gasteiger partial charge in [0.2, 0.25) is 5.91 Å². The standard InChI is InChI=1S/C23H24N4O4/c1-30-20-10-3-2-8-17(20)21-13-18(26-31-21)23(29)27-12-5-4-9-19(27)22(28)25-15-16-7-6-11-24-14-16/h2-3,6-8,10-11,13-14,19H,4-5,9,12,15H2,1H3,(H,25,28)/t19-/m1/s1. The SMILES string of the molecule is COc1ccccc1-c1cc(C(=O)N2CCCC[C@@H]2C(=O)NCc2cccnc2)no1. The Morgan fingerprint density at radius 1 is 1.23 bits per heavy atom. The summed E-state index contributed by atoms with van der Waals surface area (Å²) < 4.78 is 10.8. The van der Waals surface area contributed by atoms with Gasteiger partial charge in [-0.2, -0.15) is 0 Å². The van der Waals surface area contributed by atoms with E-state index in [-0.39, 0.29) is 17.5 Å². The van der Waals surface area contributed by atoms with Gasteiger partial charge in [0.1, 0.15) is 11.8 Å². The number of amides is 2. The third-order valence-corrected chi connectivity index (χ3v) is 5.36. The number of piperidine rings is 1. The fraction of sp³-hybridized carbons (Fsp3) is 0.304. The van der Waals surface area contributed by atoms with Gasteiger partial charge in [0, 0.05) is 31.5 Å². The number of nitrogens with zero attached hydrogens (tertiary/aromatic N) is 3. The quantitative estimate of drug-likeness (QED) is 0.658. The molecule has 1 aliphatic heterocycles. The number of ether oxygens (including phenoxy) is 1. The number of nitrogens with one attached hydrogen (secondary N) is 1. The molecule has 2 amide bonds. The van der Waals surface area contributed by atoms with Crippen molar-refractivity contribution in [3.63, 3.8) is 0 Å². The van der Waals surface area contributed by atoms with Gasteiger partial charge in [0.25, 0.3) is 5.91 Å². The van der Waals surface area contributed by atoms with Crippen molar-refractivity contribution in [1.82, 2.24) is 20.4 Å². The lowest BCUT2D eigenvalue weighted by molar-refractivity contribution is -0.126. The molecule has 0 spiro atoms. The number of methoxy groups -OCH3 is 1. The van der Waals surface area contributed by atoms with E-state index in [1.165, 1.54) is 0 Å². The Balaban J connectivity index is 1.48. The van der Waals surface area contributed by atoms with E-state index < -0.39 is 6.04 Å². The number of benzene rings is 1. The van der Waals surface area contributed by atoms with E-state index in [1.807, 2.05) is 36.4 Å². The van der Waals surface area contributed by atoms with Crippen LogP contribution in [-0.4, -0.2) is 46.6 Å². The molecule has 1 fully saturated rings. The minimum absolute atomic E-state index is 0.174. The Morgan fingerprint density at radius 3 is 2.90 bits per heavy atom. The molecule has 3 aromatic rings. The normalized spacial score (nSPS) is 16.0. The van der Waals surface area contributed by atoms with Crippen molar-refractivity contribution in [1.29, 1.82) is 0 Å². The van der Waals surface area contributed by atoms with E-state index in [0.717, 1.165) is 18.4 Å². The van der Waals surface area contributed by atoms with Gasteiger partial charge < -0.3 is 19.5 Å².